The van der Waals surface area contributed by atoms with Gasteiger partial charge in [-0.1, -0.05) is 6.92 Å². The molecule has 0 radical (unpaired) electrons. The Bertz CT molecular complexity index is 181. The molecule has 6 heteroatoms. The second kappa shape index (κ2) is 4.45. The van der Waals surface area contributed by atoms with Gasteiger partial charge in [0.1, 0.15) is 6.04 Å². The summed E-state index contributed by atoms with van der Waals surface area (Å²) < 4.78 is 35.3. The van der Waals surface area contributed by atoms with Gasteiger partial charge in [-0.05, 0) is 12.3 Å². The first kappa shape index (κ1) is 12.2. The minimum Gasteiger partial charge on any atom is -0.480 e. The van der Waals surface area contributed by atoms with Gasteiger partial charge in [-0.15, -0.1) is 0 Å². The first-order chi connectivity index (χ1) is 5.72. The average molecular weight is 199 g/mol. The van der Waals surface area contributed by atoms with E-state index in [-0.39, 0.29) is 6.42 Å². The molecule has 0 heterocycles. The van der Waals surface area contributed by atoms with Crippen molar-refractivity contribution in [1.29, 1.82) is 0 Å². The van der Waals surface area contributed by atoms with Crippen molar-refractivity contribution in [3.8, 4) is 0 Å². The topological polar surface area (TPSA) is 63.3 Å². The molecule has 3 nitrogen and oxygen atoms in total. The van der Waals surface area contributed by atoms with Gasteiger partial charge in [-0.25, -0.2) is 0 Å². The first-order valence-corrected chi connectivity index (χ1v) is 3.77. The summed E-state index contributed by atoms with van der Waals surface area (Å²) in [4.78, 5) is 10.2. The number of alkyl halides is 3. The van der Waals surface area contributed by atoms with E-state index in [1.165, 1.54) is 6.92 Å². The summed E-state index contributed by atoms with van der Waals surface area (Å²) in [6, 6.07) is -1.21. The minimum absolute atomic E-state index is 0.158. The highest BCUT2D eigenvalue weighted by atomic mass is 19.4. The summed E-state index contributed by atoms with van der Waals surface area (Å²) in [6.07, 6.45) is -5.40. The number of aliphatic carboxylic acids is 1. The number of carboxylic acids is 1. The molecule has 0 aromatic heterocycles. The van der Waals surface area contributed by atoms with Crippen molar-refractivity contribution in [3.05, 3.63) is 0 Å². The minimum atomic E-state index is -4.25. The van der Waals surface area contributed by atoms with E-state index < -0.39 is 30.5 Å². The van der Waals surface area contributed by atoms with Crippen LogP contribution in [0.4, 0.5) is 13.2 Å². The zero-order chi connectivity index (χ0) is 10.6. The maximum Gasteiger partial charge on any atom is 0.389 e. The van der Waals surface area contributed by atoms with Crippen LogP contribution in [0, 0.1) is 5.92 Å². The molecule has 0 saturated carbocycles. The third-order valence-electron chi connectivity index (χ3n) is 1.55. The maximum atomic E-state index is 11.8. The summed E-state index contributed by atoms with van der Waals surface area (Å²) in [6.45, 7) is 1.33. The van der Waals surface area contributed by atoms with Crippen molar-refractivity contribution in [1.82, 2.24) is 0 Å². The van der Waals surface area contributed by atoms with Gasteiger partial charge < -0.3 is 10.8 Å². The van der Waals surface area contributed by atoms with Crippen LogP contribution in [0.5, 0.6) is 0 Å². The Morgan fingerprint density at radius 1 is 1.54 bits per heavy atom. The van der Waals surface area contributed by atoms with Crippen molar-refractivity contribution in [2.45, 2.75) is 32.0 Å². The molecule has 2 atom stereocenters. The maximum absolute atomic E-state index is 11.8. The molecule has 0 aliphatic carbocycles. The van der Waals surface area contributed by atoms with Gasteiger partial charge in [0.05, 0.1) is 0 Å². The van der Waals surface area contributed by atoms with E-state index in [1.54, 1.807) is 0 Å². The standard InChI is InChI=1S/C7H12F3NO2/c1-4(3-7(8,9)10)2-5(11)6(12)13/h4-5H,2-3,11H2,1H3,(H,12,13)/t4?,5-/m0/s1. The monoisotopic (exact) mass is 199 g/mol. The predicted octanol–water partition coefficient (Wildman–Crippen LogP) is 1.38. The number of hydrogen-bond acceptors (Lipinski definition) is 2. The number of rotatable bonds is 4. The molecule has 13 heavy (non-hydrogen) atoms. The molecule has 0 aliphatic rings. The molecule has 0 aromatic carbocycles. The van der Waals surface area contributed by atoms with Gasteiger partial charge >= 0.3 is 12.1 Å². The fraction of sp³-hybridized carbons (Fsp3) is 0.857. The van der Waals surface area contributed by atoms with Crippen LogP contribution in [-0.4, -0.2) is 23.3 Å². The van der Waals surface area contributed by atoms with E-state index in [1.807, 2.05) is 0 Å². The summed E-state index contributed by atoms with van der Waals surface area (Å²) in [5.41, 5.74) is 5.07. The van der Waals surface area contributed by atoms with Crippen LogP contribution in [0.3, 0.4) is 0 Å². The number of hydrogen-bond donors (Lipinski definition) is 2. The third-order valence-corrected chi connectivity index (χ3v) is 1.55. The van der Waals surface area contributed by atoms with Crippen LogP contribution in [0.2, 0.25) is 0 Å². The van der Waals surface area contributed by atoms with E-state index in [0.717, 1.165) is 0 Å². The fourth-order valence-corrected chi connectivity index (χ4v) is 1.01. The molecule has 0 aromatic rings. The lowest BCUT2D eigenvalue weighted by molar-refractivity contribution is -0.147. The predicted molar refractivity (Wildman–Crippen MR) is 40.1 cm³/mol. The summed E-state index contributed by atoms with van der Waals surface area (Å²) in [7, 11) is 0. The van der Waals surface area contributed by atoms with Gasteiger partial charge in [0, 0.05) is 6.42 Å². The smallest absolute Gasteiger partial charge is 0.389 e. The van der Waals surface area contributed by atoms with Crippen molar-refractivity contribution in [3.63, 3.8) is 0 Å². The molecule has 0 rings (SSSR count). The second-order valence-electron chi connectivity index (χ2n) is 3.10. The van der Waals surface area contributed by atoms with Crippen LogP contribution >= 0.6 is 0 Å². The molecule has 0 saturated heterocycles. The Morgan fingerprint density at radius 3 is 2.31 bits per heavy atom. The van der Waals surface area contributed by atoms with Gasteiger partial charge in [-0.2, -0.15) is 13.2 Å². The summed E-state index contributed by atoms with van der Waals surface area (Å²) in [5, 5.41) is 8.32. The Hall–Kier alpha value is -0.780. The Kier molecular flexibility index (Phi) is 4.19. The van der Waals surface area contributed by atoms with E-state index >= 15 is 0 Å². The third kappa shape index (κ3) is 6.39. The summed E-state index contributed by atoms with van der Waals surface area (Å²) >= 11 is 0. The van der Waals surface area contributed by atoms with Crippen LogP contribution in [0.15, 0.2) is 0 Å². The largest absolute Gasteiger partial charge is 0.480 e. The zero-order valence-corrected chi connectivity index (χ0v) is 7.14. The average Bonchev–Trinajstić information content (AvgIpc) is 1.81. The van der Waals surface area contributed by atoms with Crippen molar-refractivity contribution >= 4 is 5.97 Å². The van der Waals surface area contributed by atoms with Gasteiger partial charge in [-0.3, -0.25) is 4.79 Å². The highest BCUT2D eigenvalue weighted by Crippen LogP contribution is 2.26. The molecule has 0 bridgehead atoms. The number of carbonyl (C=O) groups is 1. The quantitative estimate of drug-likeness (QED) is 0.718. The van der Waals surface area contributed by atoms with E-state index in [4.69, 9.17) is 10.8 Å². The molecule has 1 unspecified atom stereocenters. The first-order valence-electron chi connectivity index (χ1n) is 3.77. The Balaban J connectivity index is 3.88. The lowest BCUT2D eigenvalue weighted by Gasteiger charge is -2.15. The Labute approximate surface area is 73.7 Å². The molecule has 78 valence electrons. The fourth-order valence-electron chi connectivity index (χ4n) is 1.01. The number of carboxylic acid groups (broad SMARTS) is 1. The van der Waals surface area contributed by atoms with E-state index in [2.05, 4.69) is 0 Å². The van der Waals surface area contributed by atoms with Crippen LogP contribution in [-0.2, 0) is 4.79 Å². The van der Waals surface area contributed by atoms with Crippen molar-refractivity contribution in [2.24, 2.45) is 11.7 Å². The number of nitrogens with two attached hydrogens (primary N) is 1. The lowest BCUT2D eigenvalue weighted by atomic mass is 9.99. The van der Waals surface area contributed by atoms with Gasteiger partial charge in [0.25, 0.3) is 0 Å². The molecular formula is C7H12F3NO2. The molecule has 3 N–H and O–H groups in total. The molecule has 0 amide bonds. The van der Waals surface area contributed by atoms with Crippen LogP contribution < -0.4 is 5.73 Å². The molecule has 0 spiro atoms. The van der Waals surface area contributed by atoms with E-state index in [0.29, 0.717) is 0 Å². The summed E-state index contributed by atoms with van der Waals surface area (Å²) in [5.74, 6) is -2.03. The number of halogens is 3. The zero-order valence-electron chi connectivity index (χ0n) is 7.14. The van der Waals surface area contributed by atoms with Crippen molar-refractivity contribution < 1.29 is 23.1 Å². The van der Waals surface area contributed by atoms with Crippen LogP contribution in [0.25, 0.3) is 0 Å². The lowest BCUT2D eigenvalue weighted by Crippen LogP contribution is -2.32. The van der Waals surface area contributed by atoms with E-state index in [9.17, 15) is 18.0 Å². The highest BCUT2D eigenvalue weighted by molar-refractivity contribution is 5.72. The highest BCUT2D eigenvalue weighted by Gasteiger charge is 2.31. The van der Waals surface area contributed by atoms with Crippen molar-refractivity contribution in [2.75, 3.05) is 0 Å². The molecular weight excluding hydrogens is 187 g/mol. The molecule has 0 fully saturated rings. The molecule has 0 aliphatic heterocycles. The Morgan fingerprint density at radius 2 is 2.00 bits per heavy atom. The van der Waals surface area contributed by atoms with Gasteiger partial charge in [0.15, 0.2) is 0 Å². The SMILES string of the molecule is CC(C[C@H](N)C(=O)O)CC(F)(F)F. The normalized spacial score (nSPS) is 16.7. The van der Waals surface area contributed by atoms with Crippen LogP contribution in [0.1, 0.15) is 19.8 Å². The van der Waals surface area contributed by atoms with Gasteiger partial charge in [0.2, 0.25) is 0 Å². The second-order valence-corrected chi connectivity index (χ2v) is 3.10.